The molecule has 0 saturated heterocycles. The third kappa shape index (κ3) is 3.22. The minimum atomic E-state index is 0.664. The number of allylic oxidation sites excluding steroid dienone is 2. The van der Waals surface area contributed by atoms with Crippen LogP contribution >= 0.6 is 0 Å². The highest BCUT2D eigenvalue weighted by Gasteiger charge is 2.18. The summed E-state index contributed by atoms with van der Waals surface area (Å²) in [6, 6.07) is 22.6. The number of nitrogens with zero attached hydrogens (tertiary/aromatic N) is 1. The molecule has 27 heavy (non-hydrogen) atoms. The number of fused-ring (bicyclic) bond motifs is 1. The Morgan fingerprint density at radius 1 is 0.815 bits per heavy atom. The largest absolute Gasteiger partial charge is 0.437 e. The predicted octanol–water partition coefficient (Wildman–Crippen LogP) is 6.62. The number of furan rings is 1. The van der Waals surface area contributed by atoms with E-state index in [2.05, 4.69) is 43.5 Å². The zero-order chi connectivity index (χ0) is 18.6. The van der Waals surface area contributed by atoms with E-state index >= 15 is 0 Å². The van der Waals surface area contributed by atoms with E-state index in [1.807, 2.05) is 48.6 Å². The van der Waals surface area contributed by atoms with Gasteiger partial charge in [-0.2, -0.15) is 0 Å². The van der Waals surface area contributed by atoms with Gasteiger partial charge in [0.15, 0.2) is 0 Å². The van der Waals surface area contributed by atoms with Crippen LogP contribution in [0, 0.1) is 0 Å². The molecular formula is C25H21NO. The lowest BCUT2D eigenvalue weighted by molar-refractivity contribution is 0.615. The van der Waals surface area contributed by atoms with Crippen molar-refractivity contribution in [2.24, 2.45) is 0 Å². The van der Waals surface area contributed by atoms with E-state index in [0.29, 0.717) is 5.71 Å². The van der Waals surface area contributed by atoms with Crippen LogP contribution in [-0.2, 0) is 12.8 Å². The molecule has 2 heterocycles. The van der Waals surface area contributed by atoms with Crippen molar-refractivity contribution in [3.8, 4) is 22.6 Å². The molecule has 2 aromatic carbocycles. The fourth-order valence-corrected chi connectivity index (χ4v) is 3.44. The number of rotatable bonds is 6. The summed E-state index contributed by atoms with van der Waals surface area (Å²) in [4.78, 5) is 4.90. The van der Waals surface area contributed by atoms with E-state index in [9.17, 15) is 0 Å². The molecule has 0 aliphatic rings. The third-order valence-electron chi connectivity index (χ3n) is 4.66. The molecule has 2 heteroatoms. The minimum absolute atomic E-state index is 0.664. The fraction of sp³-hybridized carbons (Fsp3) is 0.0800. The van der Waals surface area contributed by atoms with Crippen LogP contribution in [0.2, 0.25) is 0 Å². The maximum atomic E-state index is 6.25. The first-order valence-corrected chi connectivity index (χ1v) is 9.09. The lowest BCUT2D eigenvalue weighted by Gasteiger charge is -2.07. The summed E-state index contributed by atoms with van der Waals surface area (Å²) in [6.07, 6.45) is 5.32. The molecule has 4 aromatic rings. The summed E-state index contributed by atoms with van der Waals surface area (Å²) < 4.78 is 6.25. The van der Waals surface area contributed by atoms with Gasteiger partial charge in [-0.05, 0) is 24.5 Å². The van der Waals surface area contributed by atoms with E-state index < -0.39 is 0 Å². The second-order valence-electron chi connectivity index (χ2n) is 6.48. The van der Waals surface area contributed by atoms with Crippen molar-refractivity contribution >= 4 is 11.1 Å². The number of benzene rings is 2. The van der Waals surface area contributed by atoms with Gasteiger partial charge in [-0.1, -0.05) is 72.8 Å². The predicted molar refractivity (Wildman–Crippen MR) is 113 cm³/mol. The topological polar surface area (TPSA) is 26.0 Å². The molecule has 0 saturated carbocycles. The molecule has 132 valence electrons. The summed E-state index contributed by atoms with van der Waals surface area (Å²) in [5.74, 6) is 0.868. The molecule has 0 fully saturated rings. The van der Waals surface area contributed by atoms with Gasteiger partial charge in [0.1, 0.15) is 5.76 Å². The van der Waals surface area contributed by atoms with Gasteiger partial charge in [0, 0.05) is 22.1 Å². The van der Waals surface area contributed by atoms with Crippen molar-refractivity contribution in [1.82, 2.24) is 4.98 Å². The Labute approximate surface area is 159 Å². The number of pyridine rings is 1. The molecule has 4 rings (SSSR count). The quantitative estimate of drug-likeness (QED) is 0.365. The molecule has 0 aliphatic carbocycles. The molecule has 0 radical (unpaired) electrons. The first-order chi connectivity index (χ1) is 13.3. The van der Waals surface area contributed by atoms with Crippen LogP contribution in [0.5, 0.6) is 0 Å². The molecule has 0 unspecified atom stereocenters. The Balaban J connectivity index is 1.99. The Morgan fingerprint density at radius 3 is 2.07 bits per heavy atom. The van der Waals surface area contributed by atoms with Gasteiger partial charge in [-0.3, -0.25) is 0 Å². The lowest BCUT2D eigenvalue weighted by Crippen LogP contribution is -1.93. The monoisotopic (exact) mass is 351 g/mol. The average Bonchev–Trinajstić information content (AvgIpc) is 3.07. The van der Waals surface area contributed by atoms with E-state index in [1.165, 1.54) is 0 Å². The second kappa shape index (κ2) is 7.46. The molecule has 0 amide bonds. The number of hydrogen-bond donors (Lipinski definition) is 0. The first kappa shape index (κ1) is 17.0. The van der Waals surface area contributed by atoms with E-state index in [4.69, 9.17) is 9.40 Å². The van der Waals surface area contributed by atoms with Crippen LogP contribution in [0.4, 0.5) is 0 Å². The van der Waals surface area contributed by atoms with Gasteiger partial charge in [-0.15, -0.1) is 13.2 Å². The van der Waals surface area contributed by atoms with Crippen molar-refractivity contribution in [2.45, 2.75) is 12.8 Å². The molecular weight excluding hydrogens is 330 g/mol. The molecule has 0 bridgehead atoms. The second-order valence-corrected chi connectivity index (χ2v) is 6.48. The Bertz CT molecular complexity index is 1050. The molecule has 0 spiro atoms. The normalized spacial score (nSPS) is 10.8. The van der Waals surface area contributed by atoms with Crippen LogP contribution in [0.3, 0.4) is 0 Å². The van der Waals surface area contributed by atoms with Gasteiger partial charge in [0.25, 0.3) is 0 Å². The van der Waals surface area contributed by atoms with Crippen LogP contribution in [-0.4, -0.2) is 4.98 Å². The van der Waals surface area contributed by atoms with E-state index in [-0.39, 0.29) is 0 Å². The fourth-order valence-electron chi connectivity index (χ4n) is 3.44. The molecule has 0 aliphatic heterocycles. The minimum Gasteiger partial charge on any atom is -0.437 e. The van der Waals surface area contributed by atoms with Crippen LogP contribution in [0.15, 0.2) is 96.5 Å². The maximum Gasteiger partial charge on any atom is 0.227 e. The van der Waals surface area contributed by atoms with Gasteiger partial charge in [0.05, 0.1) is 5.69 Å². The van der Waals surface area contributed by atoms with Crippen molar-refractivity contribution in [2.75, 3.05) is 0 Å². The highest BCUT2D eigenvalue weighted by Crippen LogP contribution is 2.36. The Hall–Kier alpha value is -3.39. The summed E-state index contributed by atoms with van der Waals surface area (Å²) in [7, 11) is 0. The van der Waals surface area contributed by atoms with Gasteiger partial charge >= 0.3 is 0 Å². The summed E-state index contributed by atoms with van der Waals surface area (Å²) in [5, 5.41) is 1.05. The summed E-state index contributed by atoms with van der Waals surface area (Å²) in [6.45, 7) is 7.84. The maximum absolute atomic E-state index is 6.25. The smallest absolute Gasteiger partial charge is 0.227 e. The van der Waals surface area contributed by atoms with Crippen molar-refractivity contribution in [3.63, 3.8) is 0 Å². The Kier molecular flexibility index (Phi) is 4.71. The first-order valence-electron chi connectivity index (χ1n) is 9.09. The molecule has 2 aromatic heterocycles. The van der Waals surface area contributed by atoms with Gasteiger partial charge in [0.2, 0.25) is 5.71 Å². The van der Waals surface area contributed by atoms with E-state index in [0.717, 1.165) is 51.9 Å². The van der Waals surface area contributed by atoms with Crippen LogP contribution < -0.4 is 0 Å². The number of hydrogen-bond acceptors (Lipinski definition) is 2. The van der Waals surface area contributed by atoms with Crippen molar-refractivity contribution < 1.29 is 4.42 Å². The van der Waals surface area contributed by atoms with Gasteiger partial charge < -0.3 is 4.42 Å². The zero-order valence-corrected chi connectivity index (χ0v) is 15.2. The van der Waals surface area contributed by atoms with Crippen molar-refractivity contribution in [3.05, 3.63) is 103 Å². The van der Waals surface area contributed by atoms with Gasteiger partial charge in [-0.25, -0.2) is 4.98 Å². The summed E-state index contributed by atoms with van der Waals surface area (Å²) in [5.41, 5.74) is 6.02. The highest BCUT2D eigenvalue weighted by atomic mass is 16.3. The molecule has 2 nitrogen and oxygen atoms in total. The Morgan fingerprint density at radius 2 is 1.44 bits per heavy atom. The van der Waals surface area contributed by atoms with Crippen LogP contribution in [0.1, 0.15) is 11.1 Å². The molecule has 0 atom stereocenters. The number of aromatic nitrogens is 1. The third-order valence-corrected chi connectivity index (χ3v) is 4.66. The summed E-state index contributed by atoms with van der Waals surface area (Å²) >= 11 is 0. The lowest BCUT2D eigenvalue weighted by atomic mass is 9.99. The van der Waals surface area contributed by atoms with Crippen LogP contribution in [0.25, 0.3) is 33.7 Å². The average molecular weight is 351 g/mol. The standard InChI is InChI=1S/C25H21NO/c1-3-11-20-17-22-21(12-4-2)24(19-15-9-6-10-16-19)27-25(22)26-23(20)18-13-7-5-8-14-18/h3-10,13-17H,1-2,11-12H2. The van der Waals surface area contributed by atoms with E-state index in [1.54, 1.807) is 0 Å². The van der Waals surface area contributed by atoms with Crippen molar-refractivity contribution in [1.29, 1.82) is 0 Å². The zero-order valence-electron chi connectivity index (χ0n) is 15.2. The highest BCUT2D eigenvalue weighted by molar-refractivity contribution is 5.88. The molecule has 0 N–H and O–H groups in total. The SMILES string of the molecule is C=CCc1cc2c(CC=C)c(-c3ccccc3)oc2nc1-c1ccccc1.